The summed E-state index contributed by atoms with van der Waals surface area (Å²) in [7, 11) is 3.21. The number of rotatable bonds is 9. The molecule has 34 heavy (non-hydrogen) atoms. The molecule has 0 aliphatic heterocycles. The summed E-state index contributed by atoms with van der Waals surface area (Å²) < 4.78 is 12.7. The van der Waals surface area contributed by atoms with Crippen LogP contribution in [0.2, 0.25) is 0 Å². The number of hydrogen-bond donors (Lipinski definition) is 0. The second-order valence-electron chi connectivity index (χ2n) is 7.86. The molecule has 0 atom stereocenters. The number of carbonyl (C=O) groups is 1. The number of methoxy groups -OCH3 is 1. The van der Waals surface area contributed by atoms with E-state index in [1.54, 1.807) is 36.5 Å². The van der Waals surface area contributed by atoms with Crippen molar-refractivity contribution < 1.29 is 14.3 Å². The van der Waals surface area contributed by atoms with E-state index in [2.05, 4.69) is 5.10 Å². The van der Waals surface area contributed by atoms with Crippen molar-refractivity contribution in [1.82, 2.24) is 14.7 Å². The average Bonchev–Trinajstić information content (AvgIpc) is 3.38. The van der Waals surface area contributed by atoms with Crippen LogP contribution in [0, 0.1) is 0 Å². The Kier molecular flexibility index (Phi) is 7.27. The molecule has 0 saturated heterocycles. The van der Waals surface area contributed by atoms with Gasteiger partial charge in [-0.25, -0.2) is 4.68 Å². The highest BCUT2D eigenvalue weighted by molar-refractivity contribution is 7.09. The molecule has 0 radical (unpaired) electrons. The van der Waals surface area contributed by atoms with Crippen LogP contribution in [0.15, 0.2) is 64.8 Å². The average molecular weight is 478 g/mol. The molecule has 176 valence electrons. The zero-order valence-electron chi connectivity index (χ0n) is 19.5. The number of fused-ring (bicyclic) bond motifs is 1. The minimum absolute atomic E-state index is 0.0595. The molecular weight excluding hydrogens is 450 g/mol. The normalized spacial score (nSPS) is 10.9. The van der Waals surface area contributed by atoms with Crippen molar-refractivity contribution in [2.75, 3.05) is 13.7 Å². The molecule has 7 nitrogen and oxygen atoms in total. The number of aryl methyl sites for hydroxylation is 1. The number of benzene rings is 2. The lowest BCUT2D eigenvalue weighted by Gasteiger charge is -2.22. The van der Waals surface area contributed by atoms with Crippen LogP contribution in [0.1, 0.15) is 23.1 Å². The Balaban J connectivity index is 1.50. The van der Waals surface area contributed by atoms with Gasteiger partial charge in [-0.1, -0.05) is 30.3 Å². The first-order valence-corrected chi connectivity index (χ1v) is 11.9. The molecule has 0 aliphatic carbocycles. The van der Waals surface area contributed by atoms with Crippen LogP contribution in [-0.4, -0.2) is 34.2 Å². The quantitative estimate of drug-likeness (QED) is 0.362. The van der Waals surface area contributed by atoms with E-state index < -0.39 is 0 Å². The molecule has 0 spiro atoms. The monoisotopic (exact) mass is 477 g/mol. The molecule has 8 heteroatoms. The molecule has 1 amide bonds. The molecule has 0 unspecified atom stereocenters. The summed E-state index contributed by atoms with van der Waals surface area (Å²) in [5.74, 6) is 1.23. The van der Waals surface area contributed by atoms with Gasteiger partial charge in [-0.15, -0.1) is 11.3 Å². The maximum absolute atomic E-state index is 13.2. The Bertz CT molecular complexity index is 1350. The number of nitrogens with zero attached hydrogens (tertiary/aromatic N) is 3. The number of amides is 1. The van der Waals surface area contributed by atoms with Gasteiger partial charge in [0.05, 0.1) is 24.6 Å². The fraction of sp³-hybridized carbons (Fsp3) is 0.269. The van der Waals surface area contributed by atoms with Crippen molar-refractivity contribution in [2.45, 2.75) is 26.5 Å². The third kappa shape index (κ3) is 5.12. The van der Waals surface area contributed by atoms with Gasteiger partial charge in [0.2, 0.25) is 5.91 Å². The summed E-state index contributed by atoms with van der Waals surface area (Å²) in [4.78, 5) is 28.5. The van der Waals surface area contributed by atoms with Crippen molar-refractivity contribution in [2.24, 2.45) is 7.05 Å². The third-order valence-corrected chi connectivity index (χ3v) is 6.49. The van der Waals surface area contributed by atoms with E-state index in [4.69, 9.17) is 9.47 Å². The summed E-state index contributed by atoms with van der Waals surface area (Å²) in [6.07, 6.45) is 0.113. The highest BCUT2D eigenvalue weighted by atomic mass is 32.1. The number of carbonyl (C=O) groups excluding carboxylic acids is 1. The van der Waals surface area contributed by atoms with Crippen molar-refractivity contribution >= 4 is 28.0 Å². The van der Waals surface area contributed by atoms with E-state index in [0.717, 1.165) is 10.4 Å². The predicted octanol–water partition coefficient (Wildman–Crippen LogP) is 4.17. The van der Waals surface area contributed by atoms with Gasteiger partial charge in [0.15, 0.2) is 11.5 Å². The van der Waals surface area contributed by atoms with Crippen LogP contribution in [0.25, 0.3) is 10.8 Å². The van der Waals surface area contributed by atoms with Crippen molar-refractivity contribution in [3.63, 3.8) is 0 Å². The largest absolute Gasteiger partial charge is 0.493 e. The highest BCUT2D eigenvalue weighted by Crippen LogP contribution is 2.30. The van der Waals surface area contributed by atoms with Gasteiger partial charge in [0, 0.05) is 30.4 Å². The lowest BCUT2D eigenvalue weighted by molar-refractivity contribution is -0.130. The van der Waals surface area contributed by atoms with Gasteiger partial charge in [-0.05, 0) is 42.1 Å². The number of aromatic nitrogens is 2. The maximum atomic E-state index is 13.2. The highest BCUT2D eigenvalue weighted by Gasteiger charge is 2.18. The van der Waals surface area contributed by atoms with Gasteiger partial charge in [0.25, 0.3) is 5.56 Å². The molecule has 2 aromatic heterocycles. The van der Waals surface area contributed by atoms with Crippen LogP contribution in [0.4, 0.5) is 0 Å². The number of hydrogen-bond acceptors (Lipinski definition) is 6. The molecule has 2 aromatic carbocycles. The Labute approximate surface area is 202 Å². The second kappa shape index (κ2) is 10.5. The number of likely N-dealkylation sites (N-methyl/N-ethyl adjacent to an activating group) is 1. The van der Waals surface area contributed by atoms with Crippen LogP contribution >= 0.6 is 11.3 Å². The molecule has 0 fully saturated rings. The fourth-order valence-electron chi connectivity index (χ4n) is 3.83. The lowest BCUT2D eigenvalue weighted by atomic mass is 10.1. The topological polar surface area (TPSA) is 73.7 Å². The van der Waals surface area contributed by atoms with E-state index in [1.807, 2.05) is 60.8 Å². The van der Waals surface area contributed by atoms with Gasteiger partial charge in [0.1, 0.15) is 6.61 Å². The van der Waals surface area contributed by atoms with Crippen LogP contribution in [0.3, 0.4) is 0 Å². The Morgan fingerprint density at radius 3 is 2.59 bits per heavy atom. The maximum Gasteiger partial charge on any atom is 0.274 e. The van der Waals surface area contributed by atoms with Crippen molar-refractivity contribution in [3.05, 3.63) is 86.5 Å². The van der Waals surface area contributed by atoms with Crippen LogP contribution < -0.4 is 15.0 Å². The molecular formula is C26H27N3O4S. The molecule has 4 rings (SSSR count). The van der Waals surface area contributed by atoms with Crippen LogP contribution in [-0.2, 0) is 31.4 Å². The van der Waals surface area contributed by atoms with Crippen LogP contribution in [0.5, 0.6) is 11.5 Å². The molecule has 4 aromatic rings. The Morgan fingerprint density at radius 1 is 1.09 bits per heavy atom. The predicted molar refractivity (Wildman–Crippen MR) is 133 cm³/mol. The van der Waals surface area contributed by atoms with Crippen molar-refractivity contribution in [1.29, 1.82) is 0 Å². The second-order valence-corrected chi connectivity index (χ2v) is 8.89. The van der Waals surface area contributed by atoms with Gasteiger partial charge in [-0.2, -0.15) is 5.10 Å². The van der Waals surface area contributed by atoms with E-state index in [9.17, 15) is 9.59 Å². The van der Waals surface area contributed by atoms with E-state index in [0.29, 0.717) is 47.7 Å². The number of thiophene rings is 1. The first-order valence-electron chi connectivity index (χ1n) is 11.0. The van der Waals surface area contributed by atoms with Gasteiger partial charge < -0.3 is 14.4 Å². The molecule has 2 heterocycles. The summed E-state index contributed by atoms with van der Waals surface area (Å²) in [6.45, 7) is 3.40. The van der Waals surface area contributed by atoms with Gasteiger partial charge >= 0.3 is 0 Å². The molecule has 0 aliphatic rings. The molecule has 0 N–H and O–H groups in total. The first-order chi connectivity index (χ1) is 16.5. The summed E-state index contributed by atoms with van der Waals surface area (Å²) >= 11 is 1.64. The summed E-state index contributed by atoms with van der Waals surface area (Å²) in [6, 6.07) is 17.0. The Morgan fingerprint density at radius 2 is 1.88 bits per heavy atom. The molecule has 0 saturated carbocycles. The fourth-order valence-corrected chi connectivity index (χ4v) is 4.45. The molecule has 0 bridgehead atoms. The summed E-state index contributed by atoms with van der Waals surface area (Å²) in [5.41, 5.74) is 1.36. The van der Waals surface area contributed by atoms with E-state index in [1.165, 1.54) is 4.68 Å². The number of ether oxygens (including phenoxy) is 2. The standard InChI is InChI=1S/C26H27N3O4S/c1-4-29(25(30)15-22-20-9-5-6-10-21(20)26(31)28(2)27-22)16-18-11-12-23(24(14-18)32-3)33-17-19-8-7-13-34-19/h5-14H,4,15-17H2,1-3H3. The van der Waals surface area contributed by atoms with E-state index >= 15 is 0 Å². The smallest absolute Gasteiger partial charge is 0.274 e. The minimum atomic E-state index is -0.173. The SMILES string of the molecule is CCN(Cc1ccc(OCc2cccs2)c(OC)c1)C(=O)Cc1nn(C)c(=O)c2ccccc12. The zero-order chi connectivity index (χ0) is 24.1. The van der Waals surface area contributed by atoms with Crippen molar-refractivity contribution in [3.8, 4) is 11.5 Å². The zero-order valence-corrected chi connectivity index (χ0v) is 20.3. The third-order valence-electron chi connectivity index (χ3n) is 5.64. The van der Waals surface area contributed by atoms with E-state index in [-0.39, 0.29) is 17.9 Å². The summed E-state index contributed by atoms with van der Waals surface area (Å²) in [5, 5.41) is 7.66. The Hall–Kier alpha value is -3.65. The lowest BCUT2D eigenvalue weighted by Crippen LogP contribution is -2.32. The minimum Gasteiger partial charge on any atom is -0.493 e. The van der Waals surface area contributed by atoms with Gasteiger partial charge in [-0.3, -0.25) is 9.59 Å². The first kappa shape index (κ1) is 23.5.